The minimum absolute atomic E-state index is 0.0408. The minimum atomic E-state index is -0.533. The smallest absolute Gasteiger partial charge is 0.410 e. The Labute approximate surface area is 212 Å². The van der Waals surface area contributed by atoms with Crippen molar-refractivity contribution in [2.24, 2.45) is 0 Å². The molecule has 0 aliphatic carbocycles. The molecule has 190 valence electrons. The maximum absolute atomic E-state index is 12.9. The number of aromatic amines is 1. The summed E-state index contributed by atoms with van der Waals surface area (Å²) in [6, 6.07) is 12.8. The summed E-state index contributed by atoms with van der Waals surface area (Å²) in [5.41, 5.74) is 2.58. The third-order valence-corrected chi connectivity index (χ3v) is 6.07. The predicted octanol–water partition coefficient (Wildman–Crippen LogP) is 5.81. The van der Waals surface area contributed by atoms with E-state index in [0.29, 0.717) is 24.5 Å². The van der Waals surface area contributed by atoms with Crippen LogP contribution < -0.4 is 10.1 Å². The number of imidazole rings is 1. The van der Waals surface area contributed by atoms with Gasteiger partial charge < -0.3 is 24.7 Å². The zero-order valence-corrected chi connectivity index (χ0v) is 21.3. The van der Waals surface area contributed by atoms with E-state index in [1.807, 2.05) is 45.9 Å². The minimum Gasteiger partial charge on any atom is -0.491 e. The molecule has 4 rings (SSSR count). The number of hydrogen-bond acceptors (Lipinski definition) is 5. The molecule has 1 saturated heterocycles. The Kier molecular flexibility index (Phi) is 7.62. The van der Waals surface area contributed by atoms with Gasteiger partial charge in [-0.1, -0.05) is 12.1 Å². The highest BCUT2D eigenvalue weighted by atomic mass is 16.6. The summed E-state index contributed by atoms with van der Waals surface area (Å²) < 4.78 is 11.6. The molecule has 0 bridgehead atoms. The third-order valence-electron chi connectivity index (χ3n) is 6.07. The molecule has 2 N–H and O–H groups in total. The molecule has 2 heterocycles. The van der Waals surface area contributed by atoms with Gasteiger partial charge in [-0.3, -0.25) is 4.79 Å². The highest BCUT2D eigenvalue weighted by Crippen LogP contribution is 2.25. The lowest BCUT2D eigenvalue weighted by molar-refractivity contribution is 0.00359. The van der Waals surface area contributed by atoms with Crippen LogP contribution in [-0.2, 0) is 4.74 Å². The fourth-order valence-corrected chi connectivity index (χ4v) is 4.15. The van der Waals surface area contributed by atoms with Crippen LogP contribution in [0.15, 0.2) is 54.9 Å². The maximum Gasteiger partial charge on any atom is 0.410 e. The number of ether oxygens (including phenoxy) is 2. The highest BCUT2D eigenvalue weighted by molar-refractivity contribution is 6.05. The van der Waals surface area contributed by atoms with Crippen LogP contribution in [0.5, 0.6) is 5.75 Å². The predicted molar refractivity (Wildman–Crippen MR) is 139 cm³/mol. The molecular formula is C28H34N4O4. The van der Waals surface area contributed by atoms with Crippen LogP contribution in [-0.4, -0.2) is 51.7 Å². The van der Waals surface area contributed by atoms with E-state index in [4.69, 9.17) is 9.47 Å². The van der Waals surface area contributed by atoms with Crippen molar-refractivity contribution in [3.63, 3.8) is 0 Å². The van der Waals surface area contributed by atoms with Gasteiger partial charge in [-0.05, 0) is 82.9 Å². The Balaban J connectivity index is 1.36. The Morgan fingerprint density at radius 3 is 2.61 bits per heavy atom. The first kappa shape index (κ1) is 25.3. The SMILES string of the molecule is Cc1ccc(-c2ncc[nH]2)cc1NC(=O)c1ccc(OCC2CCCCN2C(=O)OC(C)(C)C)cc1. The Hall–Kier alpha value is -3.81. The van der Waals surface area contributed by atoms with Gasteiger partial charge in [0.2, 0.25) is 0 Å². The quantitative estimate of drug-likeness (QED) is 0.455. The first-order valence-electron chi connectivity index (χ1n) is 12.3. The number of amides is 2. The molecule has 36 heavy (non-hydrogen) atoms. The second-order valence-corrected chi connectivity index (χ2v) is 10.1. The number of anilines is 1. The van der Waals surface area contributed by atoms with E-state index >= 15 is 0 Å². The van der Waals surface area contributed by atoms with Crippen molar-refractivity contribution in [2.45, 2.75) is 58.6 Å². The lowest BCUT2D eigenvalue weighted by Crippen LogP contribution is -2.48. The highest BCUT2D eigenvalue weighted by Gasteiger charge is 2.30. The lowest BCUT2D eigenvalue weighted by atomic mass is 10.0. The number of nitrogens with one attached hydrogen (secondary N) is 2. The number of carbonyl (C=O) groups is 2. The van der Waals surface area contributed by atoms with Crippen LogP contribution in [0.3, 0.4) is 0 Å². The van der Waals surface area contributed by atoms with Crippen LogP contribution >= 0.6 is 0 Å². The molecule has 1 aliphatic rings. The van der Waals surface area contributed by atoms with Crippen molar-refractivity contribution in [3.05, 3.63) is 66.0 Å². The van der Waals surface area contributed by atoms with E-state index in [0.717, 1.165) is 41.9 Å². The summed E-state index contributed by atoms with van der Waals surface area (Å²) in [7, 11) is 0. The summed E-state index contributed by atoms with van der Waals surface area (Å²) in [6.07, 6.45) is 6.04. The number of piperidine rings is 1. The van der Waals surface area contributed by atoms with E-state index in [2.05, 4.69) is 15.3 Å². The van der Waals surface area contributed by atoms with Gasteiger partial charge in [-0.25, -0.2) is 9.78 Å². The topological polar surface area (TPSA) is 96.5 Å². The molecule has 1 atom stereocenters. The molecule has 1 fully saturated rings. The largest absolute Gasteiger partial charge is 0.491 e. The number of rotatable bonds is 6. The van der Waals surface area contributed by atoms with Gasteiger partial charge in [0.25, 0.3) is 5.91 Å². The number of H-pyrrole nitrogens is 1. The molecule has 0 radical (unpaired) electrons. The lowest BCUT2D eigenvalue weighted by Gasteiger charge is -2.36. The van der Waals surface area contributed by atoms with Crippen molar-refractivity contribution in [2.75, 3.05) is 18.5 Å². The molecule has 2 amide bonds. The van der Waals surface area contributed by atoms with E-state index in [1.54, 1.807) is 41.6 Å². The number of carbonyl (C=O) groups excluding carboxylic acids is 2. The summed E-state index contributed by atoms with van der Waals surface area (Å²) in [4.78, 5) is 34.6. The number of nitrogens with zero attached hydrogens (tertiary/aromatic N) is 2. The van der Waals surface area contributed by atoms with Crippen molar-refractivity contribution in [1.82, 2.24) is 14.9 Å². The van der Waals surface area contributed by atoms with Gasteiger partial charge in [-0.15, -0.1) is 0 Å². The summed E-state index contributed by atoms with van der Waals surface area (Å²) in [5, 5.41) is 2.99. The molecule has 1 aromatic heterocycles. The monoisotopic (exact) mass is 490 g/mol. The zero-order valence-electron chi connectivity index (χ0n) is 21.3. The van der Waals surface area contributed by atoms with Gasteiger partial charge in [0.1, 0.15) is 23.8 Å². The molecule has 0 spiro atoms. The summed E-state index contributed by atoms with van der Waals surface area (Å²) >= 11 is 0. The van der Waals surface area contributed by atoms with Gasteiger partial charge in [-0.2, -0.15) is 0 Å². The van der Waals surface area contributed by atoms with E-state index in [1.165, 1.54) is 0 Å². The first-order chi connectivity index (χ1) is 17.2. The van der Waals surface area contributed by atoms with Gasteiger partial charge >= 0.3 is 6.09 Å². The van der Waals surface area contributed by atoms with Crippen molar-refractivity contribution < 1.29 is 19.1 Å². The van der Waals surface area contributed by atoms with Crippen molar-refractivity contribution >= 4 is 17.7 Å². The van der Waals surface area contributed by atoms with Crippen molar-refractivity contribution in [3.8, 4) is 17.1 Å². The number of aromatic nitrogens is 2. The number of likely N-dealkylation sites (tertiary alicyclic amines) is 1. The first-order valence-corrected chi connectivity index (χ1v) is 12.3. The van der Waals surface area contributed by atoms with Crippen LogP contribution in [0.2, 0.25) is 0 Å². The molecule has 3 aromatic rings. The average molecular weight is 491 g/mol. The number of hydrogen-bond donors (Lipinski definition) is 2. The standard InChI is InChI=1S/C28H34N4O4/c1-19-8-9-21(25-29-14-15-30-25)17-24(19)31-26(33)20-10-12-23(13-11-20)35-18-22-7-5-6-16-32(22)27(34)36-28(2,3)4/h8-15,17,22H,5-7,16,18H2,1-4H3,(H,29,30)(H,31,33). The molecule has 0 saturated carbocycles. The molecule has 1 unspecified atom stereocenters. The molecular weight excluding hydrogens is 456 g/mol. The van der Waals surface area contributed by atoms with E-state index < -0.39 is 5.60 Å². The third kappa shape index (κ3) is 6.44. The summed E-state index contributed by atoms with van der Waals surface area (Å²) in [6.45, 7) is 8.61. The van der Waals surface area contributed by atoms with Crippen LogP contribution in [0, 0.1) is 6.92 Å². The van der Waals surface area contributed by atoms with Crippen LogP contribution in [0.25, 0.3) is 11.4 Å². The zero-order chi connectivity index (χ0) is 25.7. The number of aryl methyl sites for hydroxylation is 1. The fourth-order valence-electron chi connectivity index (χ4n) is 4.15. The van der Waals surface area contributed by atoms with E-state index in [-0.39, 0.29) is 18.0 Å². The molecule has 8 heteroatoms. The number of benzene rings is 2. The van der Waals surface area contributed by atoms with Crippen molar-refractivity contribution in [1.29, 1.82) is 0 Å². The van der Waals surface area contributed by atoms with Crippen LogP contribution in [0.4, 0.5) is 10.5 Å². The Bertz CT molecular complexity index is 1180. The fraction of sp³-hybridized carbons (Fsp3) is 0.393. The van der Waals surface area contributed by atoms with Gasteiger partial charge in [0.15, 0.2) is 0 Å². The maximum atomic E-state index is 12.9. The average Bonchev–Trinajstić information content (AvgIpc) is 3.38. The molecule has 8 nitrogen and oxygen atoms in total. The van der Waals surface area contributed by atoms with Crippen LogP contribution in [0.1, 0.15) is 56.0 Å². The normalized spacial score (nSPS) is 15.9. The Morgan fingerprint density at radius 2 is 1.92 bits per heavy atom. The molecule has 2 aromatic carbocycles. The van der Waals surface area contributed by atoms with Gasteiger partial charge in [0.05, 0.1) is 6.04 Å². The van der Waals surface area contributed by atoms with Gasteiger partial charge in [0, 0.05) is 35.8 Å². The Morgan fingerprint density at radius 1 is 1.14 bits per heavy atom. The second kappa shape index (κ2) is 10.8. The molecule has 1 aliphatic heterocycles. The van der Waals surface area contributed by atoms with E-state index in [9.17, 15) is 9.59 Å². The summed E-state index contributed by atoms with van der Waals surface area (Å²) in [5.74, 6) is 1.19. The second-order valence-electron chi connectivity index (χ2n) is 10.1.